The van der Waals surface area contributed by atoms with Gasteiger partial charge in [0.25, 0.3) is 5.56 Å². The molecule has 6 heteroatoms. The number of nitrogens with one attached hydrogen (secondary N) is 1. The molecule has 2 rings (SSSR count). The molecule has 0 saturated heterocycles. The van der Waals surface area contributed by atoms with E-state index in [0.29, 0.717) is 5.82 Å². The quantitative estimate of drug-likeness (QED) is 0.882. The maximum absolute atomic E-state index is 12.4. The minimum Gasteiger partial charge on any atom is -0.369 e. The fraction of sp³-hybridized carbons (Fsp3) is 0.667. The van der Waals surface area contributed by atoms with Gasteiger partial charge in [-0.25, -0.2) is 4.98 Å². The van der Waals surface area contributed by atoms with Crippen molar-refractivity contribution in [1.29, 1.82) is 0 Å². The van der Waals surface area contributed by atoms with Crippen LogP contribution in [0.4, 0.5) is 5.82 Å². The Balaban J connectivity index is 2.08. The van der Waals surface area contributed by atoms with Crippen LogP contribution in [0.15, 0.2) is 17.2 Å². The molecule has 116 valence electrons. The first-order valence-corrected chi connectivity index (χ1v) is 7.43. The predicted octanol–water partition coefficient (Wildman–Crippen LogP) is 1.45. The van der Waals surface area contributed by atoms with Crippen molar-refractivity contribution in [2.24, 2.45) is 11.7 Å². The van der Waals surface area contributed by atoms with E-state index in [1.54, 1.807) is 17.0 Å². The molecule has 1 aromatic heterocycles. The molecule has 0 aliphatic heterocycles. The molecule has 0 spiro atoms. The third-order valence-electron chi connectivity index (χ3n) is 4.03. The molecule has 1 aliphatic rings. The van der Waals surface area contributed by atoms with Gasteiger partial charge in [-0.15, -0.1) is 0 Å². The molecule has 0 aromatic carbocycles. The van der Waals surface area contributed by atoms with E-state index >= 15 is 0 Å². The van der Waals surface area contributed by atoms with Crippen LogP contribution >= 0.6 is 0 Å². The first kappa shape index (κ1) is 15.5. The monoisotopic (exact) mass is 292 g/mol. The Labute approximate surface area is 124 Å². The van der Waals surface area contributed by atoms with E-state index < -0.39 is 0 Å². The summed E-state index contributed by atoms with van der Waals surface area (Å²) in [6.07, 6.45) is 6.56. The van der Waals surface area contributed by atoms with Crippen molar-refractivity contribution in [3.63, 3.8) is 0 Å². The van der Waals surface area contributed by atoms with Crippen LogP contribution in [0.3, 0.4) is 0 Å². The SMILES string of the molecule is CC(C)(C)n1ccnc(NC2CCC(C(N)=O)CC2)c1=O. The van der Waals surface area contributed by atoms with Crippen LogP contribution in [0.5, 0.6) is 0 Å². The molecule has 1 fully saturated rings. The average Bonchev–Trinajstić information content (AvgIpc) is 2.40. The van der Waals surface area contributed by atoms with Crippen LogP contribution in [-0.4, -0.2) is 21.5 Å². The summed E-state index contributed by atoms with van der Waals surface area (Å²) in [7, 11) is 0. The molecule has 1 aromatic rings. The summed E-state index contributed by atoms with van der Waals surface area (Å²) in [5, 5.41) is 3.22. The Morgan fingerprint density at radius 1 is 1.33 bits per heavy atom. The van der Waals surface area contributed by atoms with E-state index in [0.717, 1.165) is 25.7 Å². The van der Waals surface area contributed by atoms with Crippen molar-refractivity contribution in [2.75, 3.05) is 5.32 Å². The van der Waals surface area contributed by atoms with Gasteiger partial charge in [0, 0.05) is 29.9 Å². The molecule has 0 atom stereocenters. The summed E-state index contributed by atoms with van der Waals surface area (Å²) in [5.41, 5.74) is 4.95. The van der Waals surface area contributed by atoms with Crippen LogP contribution in [0.2, 0.25) is 0 Å². The Hall–Kier alpha value is -1.85. The van der Waals surface area contributed by atoms with E-state index in [2.05, 4.69) is 10.3 Å². The predicted molar refractivity (Wildman–Crippen MR) is 82.1 cm³/mol. The van der Waals surface area contributed by atoms with Gasteiger partial charge >= 0.3 is 0 Å². The number of hydrogen-bond acceptors (Lipinski definition) is 4. The van der Waals surface area contributed by atoms with Crippen molar-refractivity contribution in [1.82, 2.24) is 9.55 Å². The number of nitrogens with two attached hydrogens (primary N) is 1. The molecule has 1 aliphatic carbocycles. The van der Waals surface area contributed by atoms with E-state index in [1.807, 2.05) is 20.8 Å². The van der Waals surface area contributed by atoms with Gasteiger partial charge in [0.15, 0.2) is 5.82 Å². The number of nitrogens with zero attached hydrogens (tertiary/aromatic N) is 2. The Morgan fingerprint density at radius 2 is 1.95 bits per heavy atom. The number of amides is 1. The Bertz CT molecular complexity index is 566. The molecular weight excluding hydrogens is 268 g/mol. The lowest BCUT2D eigenvalue weighted by Gasteiger charge is -2.28. The fourth-order valence-electron chi connectivity index (χ4n) is 2.75. The third-order valence-corrected chi connectivity index (χ3v) is 4.03. The maximum atomic E-state index is 12.4. The van der Waals surface area contributed by atoms with E-state index in [-0.39, 0.29) is 29.0 Å². The van der Waals surface area contributed by atoms with Gasteiger partial charge in [0.2, 0.25) is 5.91 Å². The summed E-state index contributed by atoms with van der Waals surface area (Å²) >= 11 is 0. The van der Waals surface area contributed by atoms with Gasteiger partial charge in [-0.2, -0.15) is 0 Å². The summed E-state index contributed by atoms with van der Waals surface area (Å²) in [6.45, 7) is 5.95. The second kappa shape index (κ2) is 5.87. The van der Waals surface area contributed by atoms with E-state index in [1.165, 1.54) is 0 Å². The van der Waals surface area contributed by atoms with Crippen LogP contribution in [0, 0.1) is 5.92 Å². The van der Waals surface area contributed by atoms with Gasteiger partial charge in [0.1, 0.15) is 0 Å². The lowest BCUT2D eigenvalue weighted by atomic mass is 9.85. The van der Waals surface area contributed by atoms with E-state index in [4.69, 9.17) is 5.73 Å². The van der Waals surface area contributed by atoms with Crippen LogP contribution in [-0.2, 0) is 10.3 Å². The van der Waals surface area contributed by atoms with E-state index in [9.17, 15) is 9.59 Å². The number of anilines is 1. The molecule has 1 saturated carbocycles. The standard InChI is InChI=1S/C15H24N4O2/c1-15(2,3)19-9-8-17-13(14(19)21)18-11-6-4-10(5-7-11)12(16)20/h8-11H,4-7H2,1-3H3,(H2,16,20)(H,17,18). The third kappa shape index (κ3) is 3.62. The topological polar surface area (TPSA) is 90.0 Å². The number of carbonyl (C=O) groups excluding carboxylic acids is 1. The van der Waals surface area contributed by atoms with Gasteiger partial charge < -0.3 is 15.6 Å². The van der Waals surface area contributed by atoms with Crippen molar-refractivity contribution >= 4 is 11.7 Å². The molecule has 21 heavy (non-hydrogen) atoms. The minimum absolute atomic E-state index is 0.0296. The number of hydrogen-bond donors (Lipinski definition) is 2. The van der Waals surface area contributed by atoms with Crippen molar-refractivity contribution in [3.05, 3.63) is 22.7 Å². The van der Waals surface area contributed by atoms with Gasteiger partial charge in [-0.3, -0.25) is 9.59 Å². The van der Waals surface area contributed by atoms with Crippen molar-refractivity contribution in [2.45, 2.75) is 58.0 Å². The highest BCUT2D eigenvalue weighted by molar-refractivity contribution is 5.76. The summed E-state index contributed by atoms with van der Waals surface area (Å²) in [6, 6.07) is 0.177. The second-order valence-electron chi connectivity index (χ2n) is 6.72. The molecule has 0 unspecified atom stereocenters. The zero-order valence-corrected chi connectivity index (χ0v) is 12.9. The average molecular weight is 292 g/mol. The number of rotatable bonds is 3. The molecule has 1 amide bonds. The summed E-state index contributed by atoms with van der Waals surface area (Å²) in [4.78, 5) is 27.8. The van der Waals surface area contributed by atoms with Crippen LogP contribution in [0.1, 0.15) is 46.5 Å². The van der Waals surface area contributed by atoms with Crippen LogP contribution in [0.25, 0.3) is 0 Å². The number of carbonyl (C=O) groups is 1. The number of primary amides is 1. The maximum Gasteiger partial charge on any atom is 0.293 e. The zero-order chi connectivity index (χ0) is 15.6. The Kier molecular flexibility index (Phi) is 4.34. The number of aromatic nitrogens is 2. The molecule has 0 bridgehead atoms. The molecular formula is C15H24N4O2. The zero-order valence-electron chi connectivity index (χ0n) is 12.9. The lowest BCUT2D eigenvalue weighted by molar-refractivity contribution is -0.122. The summed E-state index contributed by atoms with van der Waals surface area (Å²) < 4.78 is 1.68. The minimum atomic E-state index is -0.278. The first-order valence-electron chi connectivity index (χ1n) is 7.43. The smallest absolute Gasteiger partial charge is 0.293 e. The molecule has 1 heterocycles. The lowest BCUT2D eigenvalue weighted by Crippen LogP contribution is -2.38. The van der Waals surface area contributed by atoms with Crippen molar-refractivity contribution in [3.8, 4) is 0 Å². The first-order chi connectivity index (χ1) is 9.79. The second-order valence-corrected chi connectivity index (χ2v) is 6.72. The van der Waals surface area contributed by atoms with Gasteiger partial charge in [-0.05, 0) is 46.5 Å². The molecule has 0 radical (unpaired) electrons. The highest BCUT2D eigenvalue weighted by Crippen LogP contribution is 2.25. The van der Waals surface area contributed by atoms with Crippen LogP contribution < -0.4 is 16.6 Å². The van der Waals surface area contributed by atoms with Crippen molar-refractivity contribution < 1.29 is 4.79 Å². The fourth-order valence-corrected chi connectivity index (χ4v) is 2.75. The normalized spacial score (nSPS) is 22.8. The molecule has 6 nitrogen and oxygen atoms in total. The Morgan fingerprint density at radius 3 is 2.48 bits per heavy atom. The highest BCUT2D eigenvalue weighted by Gasteiger charge is 2.25. The molecule has 3 N–H and O–H groups in total. The van der Waals surface area contributed by atoms with Gasteiger partial charge in [-0.1, -0.05) is 0 Å². The highest BCUT2D eigenvalue weighted by atomic mass is 16.1. The largest absolute Gasteiger partial charge is 0.369 e. The summed E-state index contributed by atoms with van der Waals surface area (Å²) in [5.74, 6) is 0.134. The van der Waals surface area contributed by atoms with Gasteiger partial charge in [0.05, 0.1) is 0 Å².